The molecular weight excluding hydrogens is 292 g/mol. The van der Waals surface area contributed by atoms with Crippen LogP contribution in [0.2, 0.25) is 5.02 Å². The number of H-pyrrole nitrogens is 1. The van der Waals surface area contributed by atoms with E-state index < -0.39 is 11.5 Å². The Balaban J connectivity index is 2.82. The third-order valence-corrected chi connectivity index (χ3v) is 3.71. The van der Waals surface area contributed by atoms with Gasteiger partial charge >= 0.3 is 5.97 Å². The van der Waals surface area contributed by atoms with E-state index in [1.807, 2.05) is 13.8 Å². The van der Waals surface area contributed by atoms with Gasteiger partial charge in [0.2, 0.25) is 0 Å². The molecule has 0 aliphatic heterocycles. The number of ether oxygens (including phenoxy) is 1. The molecule has 21 heavy (non-hydrogen) atoms. The monoisotopic (exact) mass is 308 g/mol. The van der Waals surface area contributed by atoms with Crippen LogP contribution in [0, 0.1) is 0 Å². The first kappa shape index (κ1) is 15.4. The Kier molecular flexibility index (Phi) is 4.53. The first-order valence-corrected chi connectivity index (χ1v) is 7.06. The maximum absolute atomic E-state index is 12.2. The summed E-state index contributed by atoms with van der Waals surface area (Å²) in [4.78, 5) is 26.8. The lowest BCUT2D eigenvalue weighted by atomic mass is 10.1. The lowest BCUT2D eigenvalue weighted by Gasteiger charge is -2.18. The summed E-state index contributed by atoms with van der Waals surface area (Å²) in [7, 11) is 1.25. The topological polar surface area (TPSA) is 71.2 Å². The van der Waals surface area contributed by atoms with Crippen molar-refractivity contribution in [1.29, 1.82) is 0 Å². The second-order valence-electron chi connectivity index (χ2n) is 4.81. The van der Waals surface area contributed by atoms with Crippen LogP contribution < -0.4 is 10.9 Å². The third-order valence-electron chi connectivity index (χ3n) is 3.39. The van der Waals surface area contributed by atoms with Gasteiger partial charge in [0.1, 0.15) is 5.56 Å². The number of aromatic nitrogens is 1. The molecule has 1 aromatic carbocycles. The number of pyridine rings is 1. The molecule has 1 heterocycles. The Bertz CT molecular complexity index is 740. The number of hydrogen-bond donors (Lipinski definition) is 2. The summed E-state index contributed by atoms with van der Waals surface area (Å²) in [5.74, 6) is -0.677. The molecule has 2 aromatic rings. The molecular formula is C15H17ClN2O3. The molecule has 0 aliphatic carbocycles. The number of carbonyl (C=O) groups is 1. The Morgan fingerprint density at radius 3 is 2.81 bits per heavy atom. The van der Waals surface area contributed by atoms with Gasteiger partial charge in [-0.25, -0.2) is 4.79 Å². The highest BCUT2D eigenvalue weighted by molar-refractivity contribution is 6.35. The number of fused-ring (bicyclic) bond motifs is 1. The maximum Gasteiger partial charge on any atom is 0.345 e. The van der Waals surface area contributed by atoms with Crippen molar-refractivity contribution in [3.63, 3.8) is 0 Å². The van der Waals surface area contributed by atoms with E-state index in [-0.39, 0.29) is 11.6 Å². The predicted octanol–water partition coefficient (Wildman–Crippen LogP) is 3.18. The molecule has 0 fully saturated rings. The SMILES string of the molecule is CC[C@H](C)Nc1c(C(=O)OC)c(=O)[nH]c2c(Cl)cccc12. The molecule has 0 radical (unpaired) electrons. The highest BCUT2D eigenvalue weighted by Crippen LogP contribution is 2.29. The van der Waals surface area contributed by atoms with Crippen LogP contribution in [0.5, 0.6) is 0 Å². The number of anilines is 1. The number of para-hydroxylation sites is 1. The quantitative estimate of drug-likeness (QED) is 0.851. The molecule has 0 saturated heterocycles. The molecule has 5 nitrogen and oxygen atoms in total. The van der Waals surface area contributed by atoms with Crippen LogP contribution in [0.25, 0.3) is 10.9 Å². The van der Waals surface area contributed by atoms with Gasteiger partial charge < -0.3 is 15.0 Å². The van der Waals surface area contributed by atoms with E-state index in [1.165, 1.54) is 7.11 Å². The Labute approximate surface area is 127 Å². The van der Waals surface area contributed by atoms with E-state index in [2.05, 4.69) is 10.3 Å². The zero-order valence-corrected chi connectivity index (χ0v) is 12.9. The van der Waals surface area contributed by atoms with Crippen LogP contribution in [-0.2, 0) is 4.74 Å². The fourth-order valence-electron chi connectivity index (χ4n) is 2.08. The molecule has 0 spiro atoms. The van der Waals surface area contributed by atoms with Crippen LogP contribution in [-0.4, -0.2) is 24.1 Å². The summed E-state index contributed by atoms with van der Waals surface area (Å²) in [6.45, 7) is 3.98. The smallest absolute Gasteiger partial charge is 0.345 e. The Morgan fingerprint density at radius 2 is 2.19 bits per heavy atom. The maximum atomic E-state index is 12.2. The van der Waals surface area contributed by atoms with E-state index >= 15 is 0 Å². The van der Waals surface area contributed by atoms with Crippen LogP contribution in [0.15, 0.2) is 23.0 Å². The molecule has 1 aromatic heterocycles. The minimum atomic E-state index is -0.677. The number of esters is 1. The van der Waals surface area contributed by atoms with Gasteiger partial charge in [0.25, 0.3) is 5.56 Å². The summed E-state index contributed by atoms with van der Waals surface area (Å²) in [6.07, 6.45) is 0.843. The summed E-state index contributed by atoms with van der Waals surface area (Å²) in [5.41, 5.74) is 0.404. The molecule has 0 aliphatic rings. The number of rotatable bonds is 4. The minimum Gasteiger partial charge on any atom is -0.465 e. The number of aromatic amines is 1. The molecule has 0 unspecified atom stereocenters. The lowest BCUT2D eigenvalue weighted by molar-refractivity contribution is 0.0600. The summed E-state index contributed by atoms with van der Waals surface area (Å²) in [5, 5.41) is 4.31. The second kappa shape index (κ2) is 6.18. The summed E-state index contributed by atoms with van der Waals surface area (Å²) >= 11 is 6.12. The molecule has 0 saturated carbocycles. The van der Waals surface area contributed by atoms with Crippen molar-refractivity contribution in [1.82, 2.24) is 4.98 Å². The van der Waals surface area contributed by atoms with Gasteiger partial charge in [-0.05, 0) is 19.4 Å². The third kappa shape index (κ3) is 2.88. The number of carbonyl (C=O) groups excluding carboxylic acids is 1. The van der Waals surface area contributed by atoms with Crippen molar-refractivity contribution >= 4 is 34.2 Å². The molecule has 2 rings (SSSR count). The van der Waals surface area contributed by atoms with Crippen LogP contribution in [0.3, 0.4) is 0 Å². The van der Waals surface area contributed by atoms with E-state index in [4.69, 9.17) is 16.3 Å². The predicted molar refractivity (Wildman–Crippen MR) is 84.3 cm³/mol. The second-order valence-corrected chi connectivity index (χ2v) is 5.22. The lowest BCUT2D eigenvalue weighted by Crippen LogP contribution is -2.25. The van der Waals surface area contributed by atoms with E-state index in [0.717, 1.165) is 6.42 Å². The van der Waals surface area contributed by atoms with E-state index in [9.17, 15) is 9.59 Å². The Hall–Kier alpha value is -2.01. The molecule has 1 atom stereocenters. The van der Waals surface area contributed by atoms with Gasteiger partial charge in [-0.15, -0.1) is 0 Å². The zero-order valence-electron chi connectivity index (χ0n) is 12.1. The van der Waals surface area contributed by atoms with Crippen molar-refractivity contribution in [3.05, 3.63) is 39.1 Å². The average molecular weight is 309 g/mol. The first-order chi connectivity index (χ1) is 9.99. The molecule has 0 bridgehead atoms. The van der Waals surface area contributed by atoms with Gasteiger partial charge in [-0.3, -0.25) is 4.79 Å². The largest absolute Gasteiger partial charge is 0.465 e. The summed E-state index contributed by atoms with van der Waals surface area (Å²) in [6, 6.07) is 5.35. The molecule has 6 heteroatoms. The van der Waals surface area contributed by atoms with Gasteiger partial charge in [0, 0.05) is 11.4 Å². The van der Waals surface area contributed by atoms with Crippen molar-refractivity contribution in [2.24, 2.45) is 0 Å². The van der Waals surface area contributed by atoms with Crippen molar-refractivity contribution < 1.29 is 9.53 Å². The normalized spacial score (nSPS) is 12.2. The molecule has 112 valence electrons. The highest BCUT2D eigenvalue weighted by atomic mass is 35.5. The highest BCUT2D eigenvalue weighted by Gasteiger charge is 2.21. The number of benzene rings is 1. The first-order valence-electron chi connectivity index (χ1n) is 6.69. The Morgan fingerprint density at radius 1 is 1.48 bits per heavy atom. The number of methoxy groups -OCH3 is 1. The standard InChI is InChI=1S/C15H17ClN2O3/c1-4-8(2)17-13-9-6-5-7-10(16)12(9)18-14(19)11(13)15(20)21-3/h5-8H,4H2,1-3H3,(H2,17,18,19)/t8-/m0/s1. The zero-order chi connectivity index (χ0) is 15.6. The van der Waals surface area contributed by atoms with Crippen LogP contribution in [0.1, 0.15) is 30.6 Å². The fraction of sp³-hybridized carbons (Fsp3) is 0.333. The van der Waals surface area contributed by atoms with Gasteiger partial charge in [-0.2, -0.15) is 0 Å². The van der Waals surface area contributed by atoms with Gasteiger partial charge in [0.15, 0.2) is 0 Å². The van der Waals surface area contributed by atoms with Crippen molar-refractivity contribution in [2.45, 2.75) is 26.3 Å². The van der Waals surface area contributed by atoms with Crippen LogP contribution >= 0.6 is 11.6 Å². The molecule has 2 N–H and O–H groups in total. The van der Waals surface area contributed by atoms with Gasteiger partial charge in [-0.1, -0.05) is 30.7 Å². The molecule has 0 amide bonds. The van der Waals surface area contributed by atoms with Crippen molar-refractivity contribution in [3.8, 4) is 0 Å². The van der Waals surface area contributed by atoms with Crippen LogP contribution in [0.4, 0.5) is 5.69 Å². The minimum absolute atomic E-state index is 0.0347. The van der Waals surface area contributed by atoms with Gasteiger partial charge in [0.05, 0.1) is 23.3 Å². The fourth-order valence-corrected chi connectivity index (χ4v) is 2.30. The number of hydrogen-bond acceptors (Lipinski definition) is 4. The van der Waals surface area contributed by atoms with Crippen molar-refractivity contribution in [2.75, 3.05) is 12.4 Å². The number of nitrogens with one attached hydrogen (secondary N) is 2. The summed E-state index contributed by atoms with van der Waals surface area (Å²) < 4.78 is 4.72. The average Bonchev–Trinajstić information content (AvgIpc) is 2.47. The van der Waals surface area contributed by atoms with E-state index in [1.54, 1.807) is 18.2 Å². The number of halogens is 1. The van der Waals surface area contributed by atoms with E-state index in [0.29, 0.717) is 21.6 Å².